The molecule has 0 fully saturated rings. The van der Waals surface area contributed by atoms with Crippen LogP contribution in [0.1, 0.15) is 21.6 Å². The van der Waals surface area contributed by atoms with Crippen LogP contribution >= 0.6 is 0 Å². The van der Waals surface area contributed by atoms with Crippen molar-refractivity contribution in [1.29, 1.82) is 0 Å². The van der Waals surface area contributed by atoms with Crippen LogP contribution in [0.2, 0.25) is 0 Å². The molecule has 35 heavy (non-hydrogen) atoms. The normalized spacial score (nSPS) is 11.5. The summed E-state index contributed by atoms with van der Waals surface area (Å²) >= 11 is 0. The molecule has 0 aliphatic rings. The predicted octanol–water partition coefficient (Wildman–Crippen LogP) is 3.75. The Hall–Kier alpha value is -4.79. The zero-order chi connectivity index (χ0) is 24.1. The maximum atomic E-state index is 14.2. The molecule has 4 N–H and O–H groups in total. The van der Waals surface area contributed by atoms with E-state index in [0.717, 1.165) is 22.3 Å². The molecule has 1 amide bonds. The van der Waals surface area contributed by atoms with Crippen molar-refractivity contribution in [3.8, 4) is 0 Å². The Bertz CT molecular complexity index is 1750. The molecule has 9 heteroatoms. The number of amides is 1. The van der Waals surface area contributed by atoms with Crippen LogP contribution in [-0.2, 0) is 13.5 Å². The van der Waals surface area contributed by atoms with Gasteiger partial charge in [0.25, 0.3) is 5.91 Å². The highest BCUT2D eigenvalue weighted by atomic mass is 19.1. The van der Waals surface area contributed by atoms with Gasteiger partial charge in [0.05, 0.1) is 28.3 Å². The Labute approximate surface area is 198 Å². The number of nitrogen functional groups attached to an aromatic ring is 1. The molecule has 8 nitrogen and oxygen atoms in total. The number of hydrogen-bond acceptors (Lipinski definition) is 4. The Kier molecular flexibility index (Phi) is 4.70. The molecule has 0 aliphatic heterocycles. The van der Waals surface area contributed by atoms with Crippen LogP contribution in [0.4, 0.5) is 16.3 Å². The lowest BCUT2D eigenvalue weighted by Gasteiger charge is -2.06. The molecule has 3 heterocycles. The second kappa shape index (κ2) is 7.91. The minimum atomic E-state index is -0.416. The van der Waals surface area contributed by atoms with Gasteiger partial charge in [0.15, 0.2) is 11.3 Å². The summed E-state index contributed by atoms with van der Waals surface area (Å²) in [4.78, 5) is 24.8. The van der Waals surface area contributed by atoms with Crippen molar-refractivity contribution in [2.45, 2.75) is 6.42 Å². The lowest BCUT2D eigenvalue weighted by atomic mass is 10.1. The summed E-state index contributed by atoms with van der Waals surface area (Å²) in [6.45, 7) is 0. The molecule has 0 aliphatic carbocycles. The van der Waals surface area contributed by atoms with Crippen molar-refractivity contribution in [1.82, 2.24) is 19.5 Å². The zero-order valence-electron chi connectivity index (χ0n) is 18.8. The molecule has 3 aromatic heterocycles. The smallest absolute Gasteiger partial charge is 0.313 e. The number of anilines is 2. The number of fused-ring (bicyclic) bond motifs is 4. The second-order valence-electron chi connectivity index (χ2n) is 8.41. The Balaban J connectivity index is 1.24. The molecule has 0 saturated heterocycles. The molecule has 0 spiro atoms. The summed E-state index contributed by atoms with van der Waals surface area (Å²) in [5, 5.41) is 3.53. The lowest BCUT2D eigenvalue weighted by Crippen LogP contribution is -2.26. The minimum Gasteiger partial charge on any atom is -0.313 e. The first-order valence-electron chi connectivity index (χ1n) is 11.1. The number of aromatic amines is 1. The first-order valence-corrected chi connectivity index (χ1v) is 11.1. The van der Waals surface area contributed by atoms with Gasteiger partial charge in [-0.2, -0.15) is 4.40 Å². The van der Waals surface area contributed by atoms with E-state index in [2.05, 4.69) is 20.3 Å². The highest BCUT2D eigenvalue weighted by Crippen LogP contribution is 2.21. The number of imidazole rings is 2. The van der Waals surface area contributed by atoms with E-state index in [1.807, 2.05) is 54.2 Å². The number of H-pyrrole nitrogens is 1. The average molecular weight is 467 g/mol. The number of rotatable bonds is 4. The van der Waals surface area contributed by atoms with Gasteiger partial charge in [-0.25, -0.2) is 9.37 Å². The van der Waals surface area contributed by atoms with E-state index in [4.69, 9.17) is 5.73 Å². The van der Waals surface area contributed by atoms with Crippen molar-refractivity contribution in [2.24, 2.45) is 7.05 Å². The van der Waals surface area contributed by atoms with Crippen LogP contribution in [0.5, 0.6) is 0 Å². The minimum absolute atomic E-state index is 0.203. The highest BCUT2D eigenvalue weighted by Gasteiger charge is 2.18. The molecule has 6 aromatic rings. The van der Waals surface area contributed by atoms with E-state index >= 15 is 0 Å². The monoisotopic (exact) mass is 466 g/mol. The van der Waals surface area contributed by atoms with E-state index in [1.54, 1.807) is 28.7 Å². The van der Waals surface area contributed by atoms with E-state index in [0.29, 0.717) is 29.0 Å². The fourth-order valence-corrected chi connectivity index (χ4v) is 4.35. The van der Waals surface area contributed by atoms with E-state index < -0.39 is 5.82 Å². The summed E-state index contributed by atoms with van der Waals surface area (Å²) < 4.78 is 17.8. The van der Waals surface area contributed by atoms with Gasteiger partial charge in [-0.15, -0.1) is 4.98 Å². The third-order valence-corrected chi connectivity index (χ3v) is 6.14. The first kappa shape index (κ1) is 20.8. The summed E-state index contributed by atoms with van der Waals surface area (Å²) in [5.41, 5.74) is 11.2. The number of carbonyl (C=O) groups is 1. The molecule has 0 unspecified atom stereocenters. The average Bonchev–Trinajstić information content (AvgIpc) is 3.42. The van der Waals surface area contributed by atoms with Crippen LogP contribution in [0.25, 0.3) is 27.6 Å². The molecule has 0 bridgehead atoms. The fraction of sp³-hybridized carbons (Fsp3) is 0.0769. The van der Waals surface area contributed by atoms with Crippen molar-refractivity contribution in [3.05, 3.63) is 95.6 Å². The third-order valence-electron chi connectivity index (χ3n) is 6.14. The van der Waals surface area contributed by atoms with Crippen molar-refractivity contribution >= 4 is 45.4 Å². The number of hydrogen-bond donors (Lipinski definition) is 3. The van der Waals surface area contributed by atoms with E-state index in [1.165, 1.54) is 6.07 Å². The standard InChI is InChI=1S/C26H20FN7O/c1-33-21-8-3-2-7-20(21)30-26(33)32-24(35)16-11-9-15(10-12-16)13-17-14-34-23(29-17)18-5-4-6-19(27)22(18)31-25(34)28/h2-12,14H,13H2,1H3,(H3,28,29,30,31,32,35)/p+1. The van der Waals surface area contributed by atoms with Gasteiger partial charge in [0.1, 0.15) is 0 Å². The zero-order valence-corrected chi connectivity index (χ0v) is 18.8. The van der Waals surface area contributed by atoms with Crippen LogP contribution in [0.3, 0.4) is 0 Å². The quantitative estimate of drug-likeness (QED) is 0.344. The number of carbonyl (C=O) groups excluding carboxylic acids is 1. The number of nitrogens with zero attached hydrogens (tertiary/aromatic N) is 4. The topological polar surface area (TPSA) is 106 Å². The van der Waals surface area contributed by atoms with E-state index in [-0.39, 0.29) is 17.4 Å². The SMILES string of the molecule is Cn1c(NC(=O)c2ccc(Cc3c[n+]4c(N)nc5c(F)cccc5c4[nH]3)cc2)nc2ccccc21. The molecule has 3 aromatic carbocycles. The van der Waals surface area contributed by atoms with Gasteiger partial charge in [0, 0.05) is 19.0 Å². The van der Waals surface area contributed by atoms with Crippen molar-refractivity contribution in [2.75, 3.05) is 11.1 Å². The van der Waals surface area contributed by atoms with Crippen LogP contribution in [0.15, 0.2) is 72.9 Å². The highest BCUT2D eigenvalue weighted by molar-refractivity contribution is 6.04. The van der Waals surface area contributed by atoms with Crippen LogP contribution in [0, 0.1) is 5.82 Å². The number of halogens is 1. The first-order chi connectivity index (χ1) is 17.0. The van der Waals surface area contributed by atoms with Crippen LogP contribution < -0.4 is 15.5 Å². The molecule has 6 rings (SSSR count). The van der Waals surface area contributed by atoms with Gasteiger partial charge >= 0.3 is 5.95 Å². The maximum Gasteiger partial charge on any atom is 0.350 e. The summed E-state index contributed by atoms with van der Waals surface area (Å²) in [7, 11) is 1.87. The number of aryl methyl sites for hydroxylation is 1. The van der Waals surface area contributed by atoms with Crippen molar-refractivity contribution in [3.63, 3.8) is 0 Å². The Morgan fingerprint density at radius 1 is 1.09 bits per heavy atom. The summed E-state index contributed by atoms with van der Waals surface area (Å²) in [6.07, 6.45) is 2.43. The fourth-order valence-electron chi connectivity index (χ4n) is 4.35. The van der Waals surface area contributed by atoms with Crippen LogP contribution in [-0.4, -0.2) is 25.4 Å². The molecule has 0 radical (unpaired) electrons. The van der Waals surface area contributed by atoms with Gasteiger partial charge in [0.2, 0.25) is 11.6 Å². The maximum absolute atomic E-state index is 14.2. The van der Waals surface area contributed by atoms with Gasteiger partial charge < -0.3 is 10.3 Å². The largest absolute Gasteiger partial charge is 0.350 e. The number of para-hydroxylation sites is 3. The predicted molar refractivity (Wildman–Crippen MR) is 132 cm³/mol. The number of nitrogens with one attached hydrogen (secondary N) is 2. The third kappa shape index (κ3) is 3.54. The molecular formula is C26H21FN7O+. The number of nitrogens with two attached hydrogens (primary N) is 1. The molecular weight excluding hydrogens is 445 g/mol. The van der Waals surface area contributed by atoms with Crippen molar-refractivity contribution < 1.29 is 13.6 Å². The van der Waals surface area contributed by atoms with Gasteiger partial charge in [-0.3, -0.25) is 15.1 Å². The Morgan fingerprint density at radius 3 is 2.69 bits per heavy atom. The number of aromatic nitrogens is 5. The van der Waals surface area contributed by atoms with E-state index in [9.17, 15) is 9.18 Å². The molecule has 172 valence electrons. The lowest BCUT2D eigenvalue weighted by molar-refractivity contribution is -0.495. The Morgan fingerprint density at radius 2 is 1.89 bits per heavy atom. The van der Waals surface area contributed by atoms with Gasteiger partial charge in [-0.1, -0.05) is 30.3 Å². The summed E-state index contributed by atoms with van der Waals surface area (Å²) in [5.74, 6) is 0.0446. The number of benzene rings is 3. The summed E-state index contributed by atoms with van der Waals surface area (Å²) in [6, 6.07) is 19.9. The molecule has 0 atom stereocenters. The molecule has 0 saturated carbocycles. The van der Waals surface area contributed by atoms with Gasteiger partial charge in [-0.05, 0) is 42.0 Å². The second-order valence-corrected chi connectivity index (χ2v) is 8.41.